The summed E-state index contributed by atoms with van der Waals surface area (Å²) in [5, 5.41) is 12.2. The number of aliphatic hydroxyl groups is 1. The van der Waals surface area contributed by atoms with E-state index in [1.54, 1.807) is 6.21 Å². The minimum absolute atomic E-state index is 0.153. The lowest BCUT2D eigenvalue weighted by Gasteiger charge is -1.92. The second kappa shape index (κ2) is 6.44. The highest BCUT2D eigenvalue weighted by Crippen LogP contribution is 1.79. The molecule has 0 aliphatic rings. The Bertz CT molecular complexity index is 126. The number of rotatable bonds is 4. The van der Waals surface area contributed by atoms with Crippen molar-refractivity contribution in [2.24, 2.45) is 10.8 Å². The number of hydrogen-bond donors (Lipinski definition) is 3. The number of aliphatic hydroxyl groups excluding tert-OH is 1. The van der Waals surface area contributed by atoms with Crippen LogP contribution in [0.5, 0.6) is 0 Å². The summed E-state index contributed by atoms with van der Waals surface area (Å²) in [7, 11) is 0. The van der Waals surface area contributed by atoms with E-state index in [9.17, 15) is 0 Å². The van der Waals surface area contributed by atoms with E-state index >= 15 is 0 Å². The molecular weight excluding hydrogens is 150 g/mol. The number of hydrazone groups is 1. The molecule has 0 rings (SSSR count). The van der Waals surface area contributed by atoms with Crippen LogP contribution in [-0.2, 0) is 0 Å². The predicted octanol–water partition coefficient (Wildman–Crippen LogP) is -0.422. The molecule has 0 unspecified atom stereocenters. The average molecular weight is 161 g/mol. The summed E-state index contributed by atoms with van der Waals surface area (Å²) in [5.41, 5.74) is 7.47. The Labute approximate surface area is 65.1 Å². The first-order valence-electron chi connectivity index (χ1n) is 2.95. The summed E-state index contributed by atoms with van der Waals surface area (Å²) in [6.07, 6.45) is 3.06. The summed E-state index contributed by atoms with van der Waals surface area (Å²) in [4.78, 5) is 0. The standard InChI is InChI=1S/C5H11N3OS/c6-5(10)8-7-3-1-2-4-9/h3,9H,1-2,4H2,(H3,6,8,10)/b7-3+. The van der Waals surface area contributed by atoms with Gasteiger partial charge in [0, 0.05) is 12.8 Å². The van der Waals surface area contributed by atoms with Crippen molar-refractivity contribution in [2.75, 3.05) is 6.61 Å². The molecule has 4 N–H and O–H groups in total. The van der Waals surface area contributed by atoms with Gasteiger partial charge in [-0.15, -0.1) is 0 Å². The highest BCUT2D eigenvalue weighted by atomic mass is 32.1. The number of nitrogens with two attached hydrogens (primary N) is 1. The van der Waals surface area contributed by atoms with Crippen LogP contribution in [0.15, 0.2) is 5.10 Å². The maximum atomic E-state index is 8.34. The minimum atomic E-state index is 0.153. The highest BCUT2D eigenvalue weighted by molar-refractivity contribution is 7.80. The van der Waals surface area contributed by atoms with E-state index in [4.69, 9.17) is 10.8 Å². The molecule has 0 amide bonds. The fourth-order valence-corrected chi connectivity index (χ4v) is 0.409. The van der Waals surface area contributed by atoms with Gasteiger partial charge in [-0.05, 0) is 25.1 Å². The fraction of sp³-hybridized carbons (Fsp3) is 0.600. The van der Waals surface area contributed by atoms with Crippen molar-refractivity contribution in [3.8, 4) is 0 Å². The molecule has 0 aliphatic heterocycles. The van der Waals surface area contributed by atoms with Crippen LogP contribution in [0, 0.1) is 0 Å². The normalized spacial score (nSPS) is 10.1. The topological polar surface area (TPSA) is 70.6 Å². The van der Waals surface area contributed by atoms with Crippen LogP contribution < -0.4 is 11.2 Å². The van der Waals surface area contributed by atoms with Crippen LogP contribution in [-0.4, -0.2) is 23.0 Å². The molecule has 0 saturated heterocycles. The molecule has 0 spiro atoms. The highest BCUT2D eigenvalue weighted by Gasteiger charge is 1.80. The Balaban J connectivity index is 3.12. The summed E-state index contributed by atoms with van der Waals surface area (Å²) >= 11 is 4.48. The zero-order valence-corrected chi connectivity index (χ0v) is 6.40. The second-order valence-corrected chi connectivity index (χ2v) is 2.09. The number of hydrogen-bond acceptors (Lipinski definition) is 3. The number of nitrogens with zero attached hydrogens (tertiary/aromatic N) is 1. The van der Waals surface area contributed by atoms with Crippen LogP contribution in [0.4, 0.5) is 0 Å². The summed E-state index contributed by atoms with van der Waals surface area (Å²) in [5.74, 6) is 0. The smallest absolute Gasteiger partial charge is 0.184 e. The number of unbranched alkanes of at least 4 members (excludes halogenated alkanes) is 1. The van der Waals surface area contributed by atoms with Gasteiger partial charge in [0.2, 0.25) is 0 Å². The third-order valence-corrected chi connectivity index (χ3v) is 0.849. The summed E-state index contributed by atoms with van der Waals surface area (Å²) in [6, 6.07) is 0. The third kappa shape index (κ3) is 7.32. The van der Waals surface area contributed by atoms with Crippen LogP contribution in [0.1, 0.15) is 12.8 Å². The molecule has 0 aromatic carbocycles. The lowest BCUT2D eigenvalue weighted by atomic mass is 10.3. The first kappa shape index (κ1) is 9.32. The Kier molecular flexibility index (Phi) is 6.00. The molecule has 0 atom stereocenters. The Morgan fingerprint density at radius 3 is 3.00 bits per heavy atom. The van der Waals surface area contributed by atoms with Gasteiger partial charge in [0.1, 0.15) is 0 Å². The molecule has 5 heteroatoms. The molecule has 0 heterocycles. The predicted molar refractivity (Wildman–Crippen MR) is 44.7 cm³/mol. The van der Waals surface area contributed by atoms with E-state index in [0.29, 0.717) is 6.42 Å². The van der Waals surface area contributed by atoms with Gasteiger partial charge in [0.25, 0.3) is 0 Å². The van der Waals surface area contributed by atoms with Gasteiger partial charge in [-0.2, -0.15) is 5.10 Å². The van der Waals surface area contributed by atoms with Crippen LogP contribution in [0.2, 0.25) is 0 Å². The van der Waals surface area contributed by atoms with E-state index in [0.717, 1.165) is 6.42 Å². The molecule has 10 heavy (non-hydrogen) atoms. The van der Waals surface area contributed by atoms with Crippen LogP contribution in [0.3, 0.4) is 0 Å². The number of nitrogens with one attached hydrogen (secondary N) is 1. The van der Waals surface area contributed by atoms with E-state index in [1.165, 1.54) is 0 Å². The molecule has 0 bridgehead atoms. The van der Waals surface area contributed by atoms with E-state index in [-0.39, 0.29) is 11.7 Å². The van der Waals surface area contributed by atoms with Crippen molar-refractivity contribution in [1.82, 2.24) is 5.43 Å². The van der Waals surface area contributed by atoms with Crippen molar-refractivity contribution in [1.29, 1.82) is 0 Å². The van der Waals surface area contributed by atoms with Crippen molar-refractivity contribution in [2.45, 2.75) is 12.8 Å². The molecule has 0 radical (unpaired) electrons. The van der Waals surface area contributed by atoms with Crippen LogP contribution >= 0.6 is 12.2 Å². The lowest BCUT2D eigenvalue weighted by molar-refractivity contribution is 0.291. The molecule has 0 aromatic heterocycles. The minimum Gasteiger partial charge on any atom is -0.396 e. The molecule has 58 valence electrons. The van der Waals surface area contributed by atoms with E-state index in [2.05, 4.69) is 22.7 Å². The Hall–Kier alpha value is -0.680. The first-order valence-corrected chi connectivity index (χ1v) is 3.36. The molecule has 0 fully saturated rings. The lowest BCUT2D eigenvalue weighted by Crippen LogP contribution is -2.23. The fourth-order valence-electron chi connectivity index (χ4n) is 0.356. The van der Waals surface area contributed by atoms with Crippen molar-refractivity contribution >= 4 is 23.5 Å². The van der Waals surface area contributed by atoms with Gasteiger partial charge in [-0.3, -0.25) is 5.43 Å². The second-order valence-electron chi connectivity index (χ2n) is 1.65. The Morgan fingerprint density at radius 1 is 1.80 bits per heavy atom. The van der Waals surface area contributed by atoms with Gasteiger partial charge in [0.15, 0.2) is 5.11 Å². The first-order chi connectivity index (χ1) is 4.77. The SMILES string of the molecule is NC(=S)N/N=C/CCCO. The van der Waals surface area contributed by atoms with Gasteiger partial charge < -0.3 is 10.8 Å². The monoisotopic (exact) mass is 161 g/mol. The molecule has 0 aliphatic carbocycles. The molecular formula is C5H11N3OS. The molecule has 0 saturated carbocycles. The van der Waals surface area contributed by atoms with Crippen molar-refractivity contribution < 1.29 is 5.11 Å². The van der Waals surface area contributed by atoms with Crippen molar-refractivity contribution in [3.05, 3.63) is 0 Å². The maximum Gasteiger partial charge on any atom is 0.184 e. The largest absolute Gasteiger partial charge is 0.396 e. The van der Waals surface area contributed by atoms with Gasteiger partial charge >= 0.3 is 0 Å². The number of thiocarbonyl (C=S) groups is 1. The zero-order chi connectivity index (χ0) is 7.82. The quantitative estimate of drug-likeness (QED) is 0.227. The van der Waals surface area contributed by atoms with E-state index < -0.39 is 0 Å². The zero-order valence-electron chi connectivity index (χ0n) is 5.58. The molecule has 0 aromatic rings. The van der Waals surface area contributed by atoms with Gasteiger partial charge in [0.05, 0.1) is 0 Å². The van der Waals surface area contributed by atoms with Gasteiger partial charge in [-0.1, -0.05) is 0 Å². The summed E-state index contributed by atoms with van der Waals surface area (Å²) < 4.78 is 0. The summed E-state index contributed by atoms with van der Waals surface area (Å²) in [6.45, 7) is 0.180. The van der Waals surface area contributed by atoms with Crippen molar-refractivity contribution in [3.63, 3.8) is 0 Å². The maximum absolute atomic E-state index is 8.34. The van der Waals surface area contributed by atoms with Crippen LogP contribution in [0.25, 0.3) is 0 Å². The van der Waals surface area contributed by atoms with E-state index in [1.807, 2.05) is 0 Å². The van der Waals surface area contributed by atoms with Gasteiger partial charge in [-0.25, -0.2) is 0 Å². The average Bonchev–Trinajstić information content (AvgIpc) is 1.87. The Morgan fingerprint density at radius 2 is 2.50 bits per heavy atom. The third-order valence-electron chi connectivity index (χ3n) is 0.757. The molecule has 4 nitrogen and oxygen atoms in total.